The minimum Gasteiger partial charge on any atom is -0.371 e. The zero-order valence-electron chi connectivity index (χ0n) is 15.6. The van der Waals surface area contributed by atoms with E-state index in [-0.39, 0.29) is 18.3 Å². The zero-order valence-corrected chi connectivity index (χ0v) is 16.6. The SMILES string of the molecule is CCC(C)O[Si](CCC(C)C)(OC(C)CC)OC(C)CC. The van der Waals surface area contributed by atoms with Gasteiger partial charge in [0.1, 0.15) is 0 Å². The third-order valence-corrected chi connectivity index (χ3v) is 7.08. The molecule has 3 unspecified atom stereocenters. The molecule has 0 rings (SSSR count). The van der Waals surface area contributed by atoms with Crippen molar-refractivity contribution < 1.29 is 13.3 Å². The van der Waals surface area contributed by atoms with Crippen LogP contribution in [0.5, 0.6) is 0 Å². The molecule has 0 saturated heterocycles. The summed E-state index contributed by atoms with van der Waals surface area (Å²) in [6, 6.07) is 0.920. The average Bonchev–Trinajstić information content (AvgIpc) is 2.44. The molecule has 21 heavy (non-hydrogen) atoms. The van der Waals surface area contributed by atoms with E-state index in [0.717, 1.165) is 31.7 Å². The zero-order chi connectivity index (χ0) is 16.5. The van der Waals surface area contributed by atoms with Crippen LogP contribution in [0.25, 0.3) is 0 Å². The molecule has 0 radical (unpaired) electrons. The Hall–Kier alpha value is 0.0969. The van der Waals surface area contributed by atoms with Crippen molar-refractivity contribution in [2.75, 3.05) is 0 Å². The summed E-state index contributed by atoms with van der Waals surface area (Å²) >= 11 is 0. The molecule has 0 spiro atoms. The number of hydrogen-bond acceptors (Lipinski definition) is 3. The van der Waals surface area contributed by atoms with Gasteiger partial charge in [-0.05, 0) is 52.4 Å². The van der Waals surface area contributed by atoms with E-state index in [0.29, 0.717) is 5.92 Å². The average molecular weight is 319 g/mol. The molecule has 4 heteroatoms. The van der Waals surface area contributed by atoms with Gasteiger partial charge < -0.3 is 13.3 Å². The molecule has 0 aliphatic carbocycles. The third kappa shape index (κ3) is 8.96. The Bertz CT molecular complexity index is 227. The van der Waals surface area contributed by atoms with Crippen LogP contribution in [-0.4, -0.2) is 27.1 Å². The van der Waals surface area contributed by atoms with Crippen LogP contribution in [-0.2, 0) is 13.3 Å². The van der Waals surface area contributed by atoms with E-state index < -0.39 is 8.80 Å². The van der Waals surface area contributed by atoms with Crippen molar-refractivity contribution in [3.8, 4) is 0 Å². The Morgan fingerprint density at radius 3 is 1.24 bits per heavy atom. The first-order chi connectivity index (χ1) is 9.78. The summed E-state index contributed by atoms with van der Waals surface area (Å²) in [6.45, 7) is 17.3. The quantitative estimate of drug-likeness (QED) is 0.450. The second-order valence-electron chi connectivity index (χ2n) is 6.63. The second-order valence-corrected chi connectivity index (χ2v) is 9.20. The molecule has 0 aliphatic rings. The summed E-state index contributed by atoms with van der Waals surface area (Å²) in [5, 5.41) is 0. The first-order valence-corrected chi connectivity index (χ1v) is 10.7. The maximum absolute atomic E-state index is 6.38. The van der Waals surface area contributed by atoms with Crippen molar-refractivity contribution in [3.63, 3.8) is 0 Å². The highest BCUT2D eigenvalue weighted by atomic mass is 28.4. The fraction of sp³-hybridized carbons (Fsp3) is 1.00. The molecule has 0 aromatic rings. The van der Waals surface area contributed by atoms with Crippen molar-refractivity contribution in [1.29, 1.82) is 0 Å². The van der Waals surface area contributed by atoms with E-state index >= 15 is 0 Å². The van der Waals surface area contributed by atoms with E-state index in [1.54, 1.807) is 0 Å². The molecule has 3 nitrogen and oxygen atoms in total. The fourth-order valence-corrected chi connectivity index (χ4v) is 5.69. The van der Waals surface area contributed by atoms with Crippen LogP contribution in [0.4, 0.5) is 0 Å². The summed E-state index contributed by atoms with van der Waals surface area (Å²) in [6.07, 6.45) is 4.64. The Balaban J connectivity index is 5.13. The molecule has 0 N–H and O–H groups in total. The topological polar surface area (TPSA) is 27.7 Å². The van der Waals surface area contributed by atoms with E-state index in [4.69, 9.17) is 13.3 Å². The van der Waals surface area contributed by atoms with Gasteiger partial charge in [0.25, 0.3) is 0 Å². The van der Waals surface area contributed by atoms with Crippen LogP contribution in [0, 0.1) is 5.92 Å². The highest BCUT2D eigenvalue weighted by Gasteiger charge is 2.44. The second kappa shape index (κ2) is 10.8. The minimum atomic E-state index is -2.61. The summed E-state index contributed by atoms with van der Waals surface area (Å²) in [5.74, 6) is 0.637. The molecule has 0 aliphatic heterocycles. The van der Waals surface area contributed by atoms with Gasteiger partial charge in [0.15, 0.2) is 0 Å². The van der Waals surface area contributed by atoms with Crippen molar-refractivity contribution in [3.05, 3.63) is 0 Å². The normalized spacial score (nSPS) is 19.3. The van der Waals surface area contributed by atoms with Gasteiger partial charge in [-0.25, -0.2) is 0 Å². The molecule has 0 amide bonds. The summed E-state index contributed by atoms with van der Waals surface area (Å²) < 4.78 is 19.1. The molecule has 0 fully saturated rings. The molecular formula is C17H38O3Si. The van der Waals surface area contributed by atoms with E-state index in [1.807, 2.05) is 0 Å². The van der Waals surface area contributed by atoms with E-state index in [1.165, 1.54) is 0 Å². The van der Waals surface area contributed by atoms with Crippen molar-refractivity contribution in [2.45, 2.75) is 105 Å². The Labute approximate surface area is 134 Å². The maximum Gasteiger partial charge on any atom is 0.501 e. The largest absolute Gasteiger partial charge is 0.501 e. The minimum absolute atomic E-state index is 0.192. The molecule has 0 aromatic heterocycles. The van der Waals surface area contributed by atoms with Crippen LogP contribution in [0.2, 0.25) is 6.04 Å². The third-order valence-electron chi connectivity index (χ3n) is 3.89. The van der Waals surface area contributed by atoms with Crippen molar-refractivity contribution >= 4 is 8.80 Å². The van der Waals surface area contributed by atoms with Crippen LogP contribution in [0.15, 0.2) is 0 Å². The van der Waals surface area contributed by atoms with Gasteiger partial charge >= 0.3 is 8.80 Å². The molecular weight excluding hydrogens is 280 g/mol. The van der Waals surface area contributed by atoms with Gasteiger partial charge in [-0.2, -0.15) is 0 Å². The Kier molecular flexibility index (Phi) is 10.8. The molecule has 0 bridgehead atoms. The van der Waals surface area contributed by atoms with Crippen LogP contribution in [0.1, 0.15) is 81.1 Å². The standard InChI is InChI=1S/C17H38O3Si/c1-9-15(6)18-21(13-12-14(4)5,19-16(7)10-2)20-17(8)11-3/h14-17H,9-13H2,1-8H3. The Morgan fingerprint density at radius 1 is 0.667 bits per heavy atom. The maximum atomic E-state index is 6.38. The lowest BCUT2D eigenvalue weighted by atomic mass is 10.2. The first kappa shape index (κ1) is 21.1. The smallest absolute Gasteiger partial charge is 0.371 e. The van der Waals surface area contributed by atoms with Gasteiger partial charge in [0, 0.05) is 24.4 Å². The van der Waals surface area contributed by atoms with Gasteiger partial charge in [0.05, 0.1) is 0 Å². The molecule has 0 aromatic carbocycles. The number of rotatable bonds is 12. The Morgan fingerprint density at radius 2 is 1.00 bits per heavy atom. The highest BCUT2D eigenvalue weighted by Crippen LogP contribution is 2.27. The monoisotopic (exact) mass is 318 g/mol. The van der Waals surface area contributed by atoms with Crippen molar-refractivity contribution in [1.82, 2.24) is 0 Å². The lowest BCUT2D eigenvalue weighted by Crippen LogP contribution is -2.51. The summed E-state index contributed by atoms with van der Waals surface area (Å²) in [4.78, 5) is 0. The van der Waals surface area contributed by atoms with Crippen molar-refractivity contribution in [2.24, 2.45) is 5.92 Å². The van der Waals surface area contributed by atoms with Crippen LogP contribution in [0.3, 0.4) is 0 Å². The predicted octanol–water partition coefficient (Wildman–Crippen LogP) is 5.42. The summed E-state index contributed by atoms with van der Waals surface area (Å²) in [5.41, 5.74) is 0. The van der Waals surface area contributed by atoms with Gasteiger partial charge in [-0.3, -0.25) is 0 Å². The first-order valence-electron chi connectivity index (χ1n) is 8.81. The molecule has 0 heterocycles. The van der Waals surface area contributed by atoms with Crippen LogP contribution >= 0.6 is 0 Å². The fourth-order valence-electron chi connectivity index (χ4n) is 1.90. The van der Waals surface area contributed by atoms with Gasteiger partial charge in [-0.15, -0.1) is 0 Å². The summed E-state index contributed by atoms with van der Waals surface area (Å²) in [7, 11) is -2.61. The lowest BCUT2D eigenvalue weighted by Gasteiger charge is -2.36. The molecule has 0 saturated carbocycles. The lowest BCUT2D eigenvalue weighted by molar-refractivity contribution is -0.0116. The van der Waals surface area contributed by atoms with E-state index in [9.17, 15) is 0 Å². The number of hydrogen-bond donors (Lipinski definition) is 0. The molecule has 3 atom stereocenters. The van der Waals surface area contributed by atoms with Gasteiger partial charge in [-0.1, -0.05) is 34.6 Å². The van der Waals surface area contributed by atoms with Gasteiger partial charge in [0.2, 0.25) is 0 Å². The molecule has 128 valence electrons. The van der Waals surface area contributed by atoms with E-state index in [2.05, 4.69) is 55.4 Å². The predicted molar refractivity (Wildman–Crippen MR) is 92.5 cm³/mol. The highest BCUT2D eigenvalue weighted by molar-refractivity contribution is 6.60. The van der Waals surface area contributed by atoms with Crippen LogP contribution < -0.4 is 0 Å².